The molecule has 1 aromatic heterocycles. The van der Waals surface area contributed by atoms with Crippen molar-refractivity contribution in [1.29, 1.82) is 0 Å². The number of aryl methyl sites for hydroxylation is 2. The second-order valence-electron chi connectivity index (χ2n) is 8.43. The van der Waals surface area contributed by atoms with Crippen LogP contribution in [0.25, 0.3) is 11.3 Å². The smallest absolute Gasteiger partial charge is 0.244 e. The van der Waals surface area contributed by atoms with Gasteiger partial charge in [-0.3, -0.25) is 4.90 Å². The Labute approximate surface area is 189 Å². The minimum atomic E-state index is -3.75. The van der Waals surface area contributed by atoms with E-state index in [1.807, 2.05) is 6.92 Å². The van der Waals surface area contributed by atoms with Gasteiger partial charge in [-0.05, 0) is 56.5 Å². The van der Waals surface area contributed by atoms with Crippen LogP contribution in [0, 0.1) is 19.8 Å². The summed E-state index contributed by atoms with van der Waals surface area (Å²) in [6.07, 6.45) is 0.961. The maximum atomic E-state index is 13.1. The molecule has 1 saturated heterocycles. The molecule has 1 aliphatic heterocycles. The van der Waals surface area contributed by atoms with Crippen LogP contribution in [0.1, 0.15) is 23.2 Å². The lowest BCUT2D eigenvalue weighted by Gasteiger charge is -2.17. The normalized spacial score (nSPS) is 17.0. The highest BCUT2D eigenvalue weighted by atomic mass is 32.2. The molecule has 32 heavy (non-hydrogen) atoms. The molecule has 170 valence electrons. The zero-order valence-corrected chi connectivity index (χ0v) is 19.5. The fourth-order valence-electron chi connectivity index (χ4n) is 4.02. The number of sulfonamides is 1. The molecule has 1 N–H and O–H groups in total. The Morgan fingerprint density at radius 1 is 1.16 bits per heavy atom. The maximum Gasteiger partial charge on any atom is 0.244 e. The van der Waals surface area contributed by atoms with Gasteiger partial charge in [-0.2, -0.15) is 0 Å². The first-order chi connectivity index (χ1) is 15.3. The first kappa shape index (κ1) is 22.5. The van der Waals surface area contributed by atoms with Crippen molar-refractivity contribution in [3.63, 3.8) is 0 Å². The van der Waals surface area contributed by atoms with Crippen LogP contribution >= 0.6 is 0 Å². The average molecular weight is 456 g/mol. The largest absolute Gasteiger partial charge is 0.495 e. The molecule has 0 amide bonds. The van der Waals surface area contributed by atoms with Crippen LogP contribution in [-0.4, -0.2) is 45.2 Å². The highest BCUT2D eigenvalue weighted by Gasteiger charge is 2.26. The monoisotopic (exact) mass is 455 g/mol. The Bertz CT molecular complexity index is 1170. The zero-order valence-electron chi connectivity index (χ0n) is 18.7. The van der Waals surface area contributed by atoms with Gasteiger partial charge in [0, 0.05) is 31.3 Å². The van der Waals surface area contributed by atoms with Crippen molar-refractivity contribution < 1.29 is 17.7 Å². The van der Waals surface area contributed by atoms with E-state index < -0.39 is 10.0 Å². The van der Waals surface area contributed by atoms with Gasteiger partial charge in [0.25, 0.3) is 0 Å². The minimum Gasteiger partial charge on any atom is -0.495 e. The van der Waals surface area contributed by atoms with E-state index >= 15 is 0 Å². The quantitative estimate of drug-likeness (QED) is 0.557. The fourth-order valence-corrected chi connectivity index (χ4v) is 5.33. The second-order valence-corrected chi connectivity index (χ2v) is 10.2. The second kappa shape index (κ2) is 9.44. The number of ether oxygens (including phenoxy) is 1. The molecular formula is C24H29N3O4S. The summed E-state index contributed by atoms with van der Waals surface area (Å²) in [5.41, 5.74) is 3.90. The molecule has 3 aromatic rings. The van der Waals surface area contributed by atoms with Crippen LogP contribution in [0.4, 0.5) is 0 Å². The minimum absolute atomic E-state index is 0.0982. The molecule has 1 fully saturated rings. The zero-order chi connectivity index (χ0) is 22.7. The van der Waals surface area contributed by atoms with Crippen LogP contribution in [0.2, 0.25) is 0 Å². The van der Waals surface area contributed by atoms with E-state index in [0.717, 1.165) is 31.7 Å². The Kier molecular flexibility index (Phi) is 6.64. The van der Waals surface area contributed by atoms with Crippen molar-refractivity contribution >= 4 is 10.0 Å². The van der Waals surface area contributed by atoms with E-state index in [4.69, 9.17) is 9.26 Å². The van der Waals surface area contributed by atoms with Crippen LogP contribution in [0.15, 0.2) is 57.9 Å². The Balaban J connectivity index is 1.41. The lowest BCUT2D eigenvalue weighted by atomic mass is 10.1. The van der Waals surface area contributed by atoms with E-state index in [9.17, 15) is 8.42 Å². The number of aromatic nitrogens is 1. The first-order valence-corrected chi connectivity index (χ1v) is 12.2. The van der Waals surface area contributed by atoms with Crippen molar-refractivity contribution in [3.8, 4) is 17.1 Å². The van der Waals surface area contributed by atoms with E-state index in [0.29, 0.717) is 23.6 Å². The highest BCUT2D eigenvalue weighted by molar-refractivity contribution is 7.89. The Hall–Kier alpha value is -2.68. The summed E-state index contributed by atoms with van der Waals surface area (Å²) in [6.45, 7) is 7.00. The van der Waals surface area contributed by atoms with Crippen LogP contribution < -0.4 is 9.46 Å². The molecule has 4 rings (SSSR count). The number of hydrogen-bond donors (Lipinski definition) is 1. The number of benzene rings is 2. The van der Waals surface area contributed by atoms with E-state index in [1.165, 1.54) is 18.2 Å². The number of rotatable bonds is 8. The van der Waals surface area contributed by atoms with Gasteiger partial charge in [-0.1, -0.05) is 35.0 Å². The lowest BCUT2D eigenvalue weighted by molar-refractivity contribution is 0.316. The molecule has 0 unspecified atom stereocenters. The SMILES string of the molecule is COc1ccc(-c2cc(C)no2)cc1S(=O)(=O)NC[C@@H]1CCN(Cc2ccc(C)cc2)C1. The number of hydrogen-bond acceptors (Lipinski definition) is 6. The van der Waals surface area contributed by atoms with Gasteiger partial charge in [0.2, 0.25) is 10.0 Å². The summed E-state index contributed by atoms with van der Waals surface area (Å²) in [7, 11) is -2.29. The van der Waals surface area contributed by atoms with E-state index in [1.54, 1.807) is 24.3 Å². The first-order valence-electron chi connectivity index (χ1n) is 10.7. The summed E-state index contributed by atoms with van der Waals surface area (Å²) in [4.78, 5) is 2.47. The maximum absolute atomic E-state index is 13.1. The predicted molar refractivity (Wildman–Crippen MR) is 123 cm³/mol. The third kappa shape index (κ3) is 5.20. The van der Waals surface area contributed by atoms with Crippen molar-refractivity contribution in [1.82, 2.24) is 14.8 Å². The van der Waals surface area contributed by atoms with E-state index in [-0.39, 0.29) is 10.8 Å². The van der Waals surface area contributed by atoms with Gasteiger partial charge in [0.05, 0.1) is 12.8 Å². The van der Waals surface area contributed by atoms with Gasteiger partial charge >= 0.3 is 0 Å². The number of likely N-dealkylation sites (tertiary alicyclic amines) is 1. The Morgan fingerprint density at radius 3 is 2.62 bits per heavy atom. The third-order valence-corrected chi connectivity index (χ3v) is 7.27. The molecule has 2 aromatic carbocycles. The summed E-state index contributed by atoms with van der Waals surface area (Å²) in [6, 6.07) is 15.3. The summed E-state index contributed by atoms with van der Waals surface area (Å²) in [5, 5.41) is 3.88. The lowest BCUT2D eigenvalue weighted by Crippen LogP contribution is -2.31. The number of nitrogens with one attached hydrogen (secondary N) is 1. The van der Waals surface area contributed by atoms with Gasteiger partial charge in [0.1, 0.15) is 10.6 Å². The molecule has 0 saturated carbocycles. The van der Waals surface area contributed by atoms with Crippen molar-refractivity contribution in [3.05, 3.63) is 65.4 Å². The molecule has 1 atom stereocenters. The highest BCUT2D eigenvalue weighted by Crippen LogP contribution is 2.30. The molecule has 0 spiro atoms. The van der Waals surface area contributed by atoms with Crippen molar-refractivity contribution in [2.45, 2.75) is 31.7 Å². The standard InChI is InChI=1S/C24H29N3O4S/c1-17-4-6-19(7-5-17)15-27-11-10-20(16-27)14-25-32(28,29)24-13-21(8-9-22(24)30-3)23-12-18(2)26-31-23/h4-9,12-13,20,25H,10-11,14-16H2,1-3H3/t20-/m0/s1. The number of nitrogens with zero attached hydrogens (tertiary/aromatic N) is 2. The summed E-state index contributed by atoms with van der Waals surface area (Å²) in [5.74, 6) is 1.08. The van der Waals surface area contributed by atoms with Gasteiger partial charge in [-0.15, -0.1) is 0 Å². The van der Waals surface area contributed by atoms with Gasteiger partial charge in [0.15, 0.2) is 5.76 Å². The van der Waals surface area contributed by atoms with Gasteiger partial charge in [-0.25, -0.2) is 13.1 Å². The van der Waals surface area contributed by atoms with Gasteiger partial charge < -0.3 is 9.26 Å². The third-order valence-electron chi connectivity index (χ3n) is 5.82. The molecule has 0 radical (unpaired) electrons. The Morgan fingerprint density at radius 2 is 1.94 bits per heavy atom. The fraction of sp³-hybridized carbons (Fsp3) is 0.375. The summed E-state index contributed by atoms with van der Waals surface area (Å²) >= 11 is 0. The average Bonchev–Trinajstić information content (AvgIpc) is 3.42. The molecule has 0 aliphatic carbocycles. The molecule has 1 aliphatic rings. The summed E-state index contributed by atoms with van der Waals surface area (Å²) < 4.78 is 39.6. The molecule has 7 nitrogen and oxygen atoms in total. The predicted octanol–water partition coefficient (Wildman–Crippen LogP) is 3.77. The van der Waals surface area contributed by atoms with Crippen LogP contribution in [-0.2, 0) is 16.6 Å². The van der Waals surface area contributed by atoms with E-state index in [2.05, 4.69) is 46.0 Å². The molecule has 8 heteroatoms. The number of methoxy groups -OCH3 is 1. The van der Waals surface area contributed by atoms with Crippen molar-refractivity contribution in [2.75, 3.05) is 26.7 Å². The molecule has 2 heterocycles. The topological polar surface area (TPSA) is 84.7 Å². The molecular weight excluding hydrogens is 426 g/mol. The molecule has 0 bridgehead atoms. The van der Waals surface area contributed by atoms with Crippen LogP contribution in [0.3, 0.4) is 0 Å². The van der Waals surface area contributed by atoms with Crippen LogP contribution in [0.5, 0.6) is 5.75 Å². The van der Waals surface area contributed by atoms with Crippen molar-refractivity contribution in [2.24, 2.45) is 5.92 Å².